The van der Waals surface area contributed by atoms with Crippen molar-refractivity contribution in [2.24, 2.45) is 5.73 Å². The molecule has 0 amide bonds. The fourth-order valence-corrected chi connectivity index (χ4v) is 2.22. The van der Waals surface area contributed by atoms with Crippen LogP contribution in [-0.4, -0.2) is 26.1 Å². The van der Waals surface area contributed by atoms with Gasteiger partial charge in [-0.05, 0) is 6.42 Å². The molecule has 0 aromatic rings. The van der Waals surface area contributed by atoms with E-state index in [0.717, 1.165) is 25.7 Å². The van der Waals surface area contributed by atoms with Gasteiger partial charge in [0.15, 0.2) is 5.96 Å². The third kappa shape index (κ3) is 13.4. The molecule has 0 spiro atoms. The summed E-state index contributed by atoms with van der Waals surface area (Å²) in [5.74, 6) is -1.08. The molecule has 0 aromatic heterocycles. The highest BCUT2D eigenvalue weighted by Crippen LogP contribution is 2.06. The van der Waals surface area contributed by atoms with E-state index in [4.69, 9.17) is 16.6 Å². The van der Waals surface area contributed by atoms with Crippen LogP contribution in [0.2, 0.25) is 0 Å². The lowest BCUT2D eigenvalue weighted by Gasteiger charge is -2.08. The fourth-order valence-electron chi connectivity index (χ4n) is 1.37. The minimum absolute atomic E-state index is 0. The third-order valence-electron chi connectivity index (χ3n) is 2.28. The molecule has 0 fully saturated rings. The molecule has 0 atom stereocenters. The van der Waals surface area contributed by atoms with Gasteiger partial charge in [-0.1, -0.05) is 39.0 Å². The van der Waals surface area contributed by atoms with Gasteiger partial charge in [-0.2, -0.15) is 8.42 Å². The van der Waals surface area contributed by atoms with Gasteiger partial charge in [0.05, 0.1) is 5.75 Å². The minimum Gasteiger partial charge on any atom is -0.370 e. The van der Waals surface area contributed by atoms with Gasteiger partial charge in [0, 0.05) is 0 Å². The van der Waals surface area contributed by atoms with Crippen LogP contribution in [0.3, 0.4) is 0 Å². The zero-order valence-electron chi connectivity index (χ0n) is 11.6. The van der Waals surface area contributed by atoms with Crippen molar-refractivity contribution in [2.45, 2.75) is 45.4 Å². The molecule has 0 aliphatic rings. The predicted molar refractivity (Wildman–Crippen MR) is 81.4 cm³/mol. The van der Waals surface area contributed by atoms with Gasteiger partial charge in [0.1, 0.15) is 0 Å². The Balaban J connectivity index is 0. The Morgan fingerprint density at radius 1 is 1.15 bits per heavy atom. The lowest BCUT2D eigenvalue weighted by Crippen LogP contribution is -2.44. The van der Waals surface area contributed by atoms with Crippen molar-refractivity contribution in [3.8, 4) is 0 Å². The Kier molecular flexibility index (Phi) is 12.5. The second-order valence-corrected chi connectivity index (χ2v) is 5.82. The maximum atomic E-state index is 11.4. The van der Waals surface area contributed by atoms with Crippen LogP contribution in [0.5, 0.6) is 0 Å². The van der Waals surface area contributed by atoms with E-state index in [-0.39, 0.29) is 18.2 Å². The molecule has 0 aromatic carbocycles. The van der Waals surface area contributed by atoms with E-state index in [2.05, 4.69) is 11.2 Å². The molecule has 0 heterocycles. The molecule has 0 aliphatic heterocycles. The van der Waals surface area contributed by atoms with Crippen LogP contribution in [0.4, 0.5) is 0 Å². The quantitative estimate of drug-likeness (QED) is 0.185. The highest BCUT2D eigenvalue weighted by atomic mass is 35.5. The normalized spacial score (nSPS) is 10.4. The van der Waals surface area contributed by atoms with Crippen LogP contribution in [0, 0.1) is 10.8 Å². The monoisotopic (exact) mass is 329 g/mol. The predicted octanol–water partition coefficient (Wildman–Crippen LogP) is 1.04. The largest absolute Gasteiger partial charge is 0.370 e. The van der Waals surface area contributed by atoms with Gasteiger partial charge in [-0.25, -0.2) is 5.48 Å². The highest BCUT2D eigenvalue weighted by molar-refractivity contribution is 7.86. The first-order valence-electron chi connectivity index (χ1n) is 6.24. The topological polar surface area (TPSA) is 141 Å². The second kappa shape index (κ2) is 11.7. The van der Waals surface area contributed by atoms with Gasteiger partial charge in [0.25, 0.3) is 10.1 Å². The summed E-state index contributed by atoms with van der Waals surface area (Å²) in [7, 11) is -3.71. The van der Waals surface area contributed by atoms with E-state index in [1.807, 2.05) is 10.8 Å². The molecule has 120 valence electrons. The molecule has 0 saturated carbocycles. The van der Waals surface area contributed by atoms with E-state index in [0.29, 0.717) is 6.42 Å². The van der Waals surface area contributed by atoms with Crippen molar-refractivity contribution in [3.05, 3.63) is 0 Å². The van der Waals surface area contributed by atoms with Crippen molar-refractivity contribution in [1.29, 1.82) is 10.8 Å². The first-order chi connectivity index (χ1) is 8.87. The number of guanidine groups is 2. The molecule has 0 rings (SSSR count). The Bertz CT molecular complexity index is 388. The number of nitrogens with one attached hydrogen (secondary N) is 4. The number of hydroxylamine groups is 1. The molecule has 0 radical (unpaired) electrons. The first kappa shape index (κ1) is 21.2. The summed E-state index contributed by atoms with van der Waals surface area (Å²) in [6.45, 7) is 2.12. The Labute approximate surface area is 126 Å². The molecular formula is C10H24ClN5O3S. The number of nitrogens with two attached hydrogens (primary N) is 1. The summed E-state index contributed by atoms with van der Waals surface area (Å²) in [4.78, 5) is 0. The molecule has 10 heteroatoms. The van der Waals surface area contributed by atoms with Crippen molar-refractivity contribution in [2.75, 3.05) is 5.75 Å². The smallest absolute Gasteiger partial charge is 0.287 e. The van der Waals surface area contributed by atoms with Crippen LogP contribution in [-0.2, 0) is 14.4 Å². The van der Waals surface area contributed by atoms with Crippen molar-refractivity contribution >= 4 is 34.4 Å². The third-order valence-corrected chi connectivity index (χ3v) is 3.40. The van der Waals surface area contributed by atoms with Crippen molar-refractivity contribution in [3.63, 3.8) is 0 Å². The van der Waals surface area contributed by atoms with Gasteiger partial charge in [-0.15, -0.1) is 16.7 Å². The SMILES string of the molecule is CCCCCCCCS(=O)(=O)ONC(=N)NC(=N)N.Cl. The Morgan fingerprint density at radius 3 is 2.25 bits per heavy atom. The van der Waals surface area contributed by atoms with Gasteiger partial charge in [-0.3, -0.25) is 16.1 Å². The molecule has 0 aliphatic carbocycles. The summed E-state index contributed by atoms with van der Waals surface area (Å²) in [6.07, 6.45) is 5.81. The maximum Gasteiger partial charge on any atom is 0.287 e. The molecule has 0 unspecified atom stereocenters. The average Bonchev–Trinajstić information content (AvgIpc) is 2.30. The average molecular weight is 330 g/mol. The summed E-state index contributed by atoms with van der Waals surface area (Å²) in [5.41, 5.74) is 6.84. The second-order valence-electron chi connectivity index (χ2n) is 4.13. The summed E-state index contributed by atoms with van der Waals surface area (Å²) >= 11 is 0. The number of unbranched alkanes of at least 4 members (excludes halogenated alkanes) is 5. The molecular weight excluding hydrogens is 306 g/mol. The van der Waals surface area contributed by atoms with E-state index < -0.39 is 22.0 Å². The van der Waals surface area contributed by atoms with Crippen LogP contribution < -0.4 is 16.5 Å². The van der Waals surface area contributed by atoms with Crippen LogP contribution in [0.15, 0.2) is 0 Å². The molecule has 0 bridgehead atoms. The van der Waals surface area contributed by atoms with Crippen molar-refractivity contribution < 1.29 is 12.7 Å². The minimum atomic E-state index is -3.71. The molecule has 20 heavy (non-hydrogen) atoms. The van der Waals surface area contributed by atoms with Gasteiger partial charge >= 0.3 is 0 Å². The van der Waals surface area contributed by atoms with Crippen molar-refractivity contribution in [1.82, 2.24) is 10.8 Å². The Hall–Kier alpha value is -1.06. The highest BCUT2D eigenvalue weighted by Gasteiger charge is 2.12. The van der Waals surface area contributed by atoms with E-state index in [1.54, 1.807) is 0 Å². The summed E-state index contributed by atoms with van der Waals surface area (Å²) < 4.78 is 27.2. The van der Waals surface area contributed by atoms with E-state index in [9.17, 15) is 8.42 Å². The number of hydrogen-bond acceptors (Lipinski definition) is 5. The zero-order valence-corrected chi connectivity index (χ0v) is 13.2. The van der Waals surface area contributed by atoms with Gasteiger partial charge < -0.3 is 5.73 Å². The number of rotatable bonds is 9. The molecule has 8 nitrogen and oxygen atoms in total. The van der Waals surface area contributed by atoms with E-state index >= 15 is 0 Å². The van der Waals surface area contributed by atoms with Crippen LogP contribution in [0.1, 0.15) is 45.4 Å². The van der Waals surface area contributed by atoms with E-state index in [1.165, 1.54) is 6.42 Å². The summed E-state index contributed by atoms with van der Waals surface area (Å²) in [5, 5.41) is 16.0. The first-order valence-corrected chi connectivity index (χ1v) is 7.82. The number of halogens is 1. The van der Waals surface area contributed by atoms with Gasteiger partial charge in [0.2, 0.25) is 5.96 Å². The zero-order chi connectivity index (χ0) is 14.7. The molecule has 6 N–H and O–H groups in total. The Morgan fingerprint density at radius 2 is 1.70 bits per heavy atom. The number of hydrogen-bond donors (Lipinski definition) is 5. The fraction of sp³-hybridized carbons (Fsp3) is 0.800. The lowest BCUT2D eigenvalue weighted by atomic mass is 10.1. The van der Waals surface area contributed by atoms with Crippen LogP contribution in [0.25, 0.3) is 0 Å². The van der Waals surface area contributed by atoms with Crippen LogP contribution >= 0.6 is 12.4 Å². The molecule has 0 saturated heterocycles. The maximum absolute atomic E-state index is 11.4. The summed E-state index contributed by atoms with van der Waals surface area (Å²) in [6, 6.07) is 0. The lowest BCUT2D eigenvalue weighted by molar-refractivity contribution is 0.263. The standard InChI is InChI=1S/C10H23N5O3S.ClH/c1-2-3-4-5-6-7-8-19(16,17)18-15-10(13)14-9(11)12;/h2-8H2,1H3,(H6,11,12,13,14,15);1H.